The number of aryl methyl sites for hydroxylation is 2. The van der Waals surface area contributed by atoms with Gasteiger partial charge >= 0.3 is 0 Å². The van der Waals surface area contributed by atoms with Crippen LogP contribution in [0.4, 0.5) is 5.69 Å². The van der Waals surface area contributed by atoms with Crippen LogP contribution in [0.15, 0.2) is 53.3 Å². The Kier molecular flexibility index (Phi) is 4.70. The van der Waals surface area contributed by atoms with Gasteiger partial charge in [-0.3, -0.25) is 9.59 Å². The van der Waals surface area contributed by atoms with Crippen LogP contribution >= 0.6 is 0 Å². The van der Waals surface area contributed by atoms with Gasteiger partial charge in [0, 0.05) is 23.2 Å². The van der Waals surface area contributed by atoms with Gasteiger partial charge in [-0.2, -0.15) is 0 Å². The van der Waals surface area contributed by atoms with Gasteiger partial charge in [0.2, 0.25) is 5.91 Å². The summed E-state index contributed by atoms with van der Waals surface area (Å²) in [6.07, 6.45) is 0.388. The summed E-state index contributed by atoms with van der Waals surface area (Å²) >= 11 is 0. The van der Waals surface area contributed by atoms with Crippen molar-refractivity contribution in [1.82, 2.24) is 4.98 Å². The molecule has 0 saturated carbocycles. The highest BCUT2D eigenvalue weighted by Crippen LogP contribution is 2.23. The van der Waals surface area contributed by atoms with E-state index >= 15 is 0 Å². The summed E-state index contributed by atoms with van der Waals surface area (Å²) in [6.45, 7) is 6.09. The van der Waals surface area contributed by atoms with Crippen molar-refractivity contribution in [3.05, 3.63) is 75.6 Å². The van der Waals surface area contributed by atoms with Crippen molar-refractivity contribution >= 4 is 22.5 Å². The van der Waals surface area contributed by atoms with E-state index in [0.29, 0.717) is 12.0 Å². The van der Waals surface area contributed by atoms with Crippen LogP contribution in [0.2, 0.25) is 0 Å². The molecule has 0 saturated heterocycles. The molecule has 0 atom stereocenters. The van der Waals surface area contributed by atoms with Crippen LogP contribution < -0.4 is 10.5 Å². The minimum Gasteiger partial charge on any atom is -0.322 e. The summed E-state index contributed by atoms with van der Waals surface area (Å²) in [7, 11) is 0. The monoisotopic (exact) mass is 334 g/mol. The van der Waals surface area contributed by atoms with Crippen molar-refractivity contribution in [2.24, 2.45) is 0 Å². The molecule has 2 aromatic carbocycles. The van der Waals surface area contributed by atoms with Crippen LogP contribution in [-0.2, 0) is 11.3 Å². The third kappa shape index (κ3) is 3.48. The Labute approximate surface area is 147 Å². The standard InChI is InChI=1S/C21H22N2O2/c1-4-20(24)23(19-8-6-5-7-15(19)3)13-17-12-16-11-14(2)9-10-18(16)22-21(17)25/h5-12H,4,13H2,1-3H3,(H,22,25). The summed E-state index contributed by atoms with van der Waals surface area (Å²) in [5.41, 5.74) is 4.23. The van der Waals surface area contributed by atoms with Gasteiger partial charge < -0.3 is 9.88 Å². The van der Waals surface area contributed by atoms with E-state index in [2.05, 4.69) is 4.98 Å². The number of aromatic amines is 1. The molecule has 0 unspecified atom stereocenters. The number of hydrogen-bond acceptors (Lipinski definition) is 2. The number of nitrogens with zero attached hydrogens (tertiary/aromatic N) is 1. The lowest BCUT2D eigenvalue weighted by molar-refractivity contribution is -0.118. The van der Waals surface area contributed by atoms with Crippen molar-refractivity contribution in [3.63, 3.8) is 0 Å². The van der Waals surface area contributed by atoms with Crippen molar-refractivity contribution in [1.29, 1.82) is 0 Å². The van der Waals surface area contributed by atoms with E-state index in [9.17, 15) is 9.59 Å². The van der Waals surface area contributed by atoms with Gasteiger partial charge in [-0.05, 0) is 49.1 Å². The van der Waals surface area contributed by atoms with E-state index in [1.165, 1.54) is 0 Å². The Hall–Kier alpha value is -2.88. The summed E-state index contributed by atoms with van der Waals surface area (Å²) in [5.74, 6) is -0.00182. The number of H-pyrrole nitrogens is 1. The number of para-hydroxylation sites is 1. The minimum absolute atomic E-state index is 0.00182. The molecular weight excluding hydrogens is 312 g/mol. The number of pyridine rings is 1. The SMILES string of the molecule is CCC(=O)N(Cc1cc2cc(C)ccc2[nH]c1=O)c1ccccc1C. The molecule has 3 aromatic rings. The van der Waals surface area contributed by atoms with Gasteiger partial charge in [0.15, 0.2) is 0 Å². The lowest BCUT2D eigenvalue weighted by Gasteiger charge is -2.24. The first-order valence-electron chi connectivity index (χ1n) is 8.48. The Balaban J connectivity index is 2.07. The highest BCUT2D eigenvalue weighted by molar-refractivity contribution is 5.94. The third-order valence-electron chi connectivity index (χ3n) is 4.41. The zero-order valence-electron chi connectivity index (χ0n) is 14.8. The molecule has 3 rings (SSSR count). The van der Waals surface area contributed by atoms with Crippen LogP contribution in [0.3, 0.4) is 0 Å². The number of nitrogens with one attached hydrogen (secondary N) is 1. The van der Waals surface area contributed by atoms with Gasteiger partial charge in [0.05, 0.1) is 6.54 Å². The summed E-state index contributed by atoms with van der Waals surface area (Å²) in [6, 6.07) is 15.5. The molecule has 0 fully saturated rings. The average molecular weight is 334 g/mol. The Bertz CT molecular complexity index is 989. The van der Waals surface area contributed by atoms with Crippen LogP contribution in [0.1, 0.15) is 30.0 Å². The molecule has 1 N–H and O–H groups in total. The smallest absolute Gasteiger partial charge is 0.253 e. The van der Waals surface area contributed by atoms with Crippen LogP contribution in [0.5, 0.6) is 0 Å². The molecule has 1 amide bonds. The maximum Gasteiger partial charge on any atom is 0.253 e. The summed E-state index contributed by atoms with van der Waals surface area (Å²) in [5, 5.41) is 0.975. The van der Waals surface area contributed by atoms with Crippen molar-refractivity contribution in [3.8, 4) is 0 Å². The first-order valence-corrected chi connectivity index (χ1v) is 8.48. The largest absolute Gasteiger partial charge is 0.322 e. The predicted molar refractivity (Wildman–Crippen MR) is 102 cm³/mol. The second kappa shape index (κ2) is 6.93. The third-order valence-corrected chi connectivity index (χ3v) is 4.41. The van der Waals surface area contributed by atoms with E-state index in [-0.39, 0.29) is 18.0 Å². The Morgan fingerprint density at radius 3 is 2.56 bits per heavy atom. The number of hydrogen-bond donors (Lipinski definition) is 1. The molecule has 4 nitrogen and oxygen atoms in total. The van der Waals surface area contributed by atoms with Gasteiger partial charge in [-0.15, -0.1) is 0 Å². The number of benzene rings is 2. The van der Waals surface area contributed by atoms with Gasteiger partial charge in [0.1, 0.15) is 0 Å². The fourth-order valence-electron chi connectivity index (χ4n) is 3.02. The lowest BCUT2D eigenvalue weighted by Crippen LogP contribution is -2.32. The van der Waals surface area contributed by atoms with Crippen molar-refractivity contribution < 1.29 is 4.79 Å². The van der Waals surface area contributed by atoms with Crippen LogP contribution in [0.25, 0.3) is 10.9 Å². The number of fused-ring (bicyclic) bond motifs is 1. The fourth-order valence-corrected chi connectivity index (χ4v) is 3.02. The van der Waals surface area contributed by atoms with Gasteiger partial charge in [0.25, 0.3) is 5.56 Å². The fraction of sp³-hybridized carbons (Fsp3) is 0.238. The van der Waals surface area contributed by atoms with E-state index in [0.717, 1.165) is 27.7 Å². The van der Waals surface area contributed by atoms with E-state index in [4.69, 9.17) is 0 Å². The molecular formula is C21H22N2O2. The second-order valence-corrected chi connectivity index (χ2v) is 6.33. The lowest BCUT2D eigenvalue weighted by atomic mass is 10.1. The number of anilines is 1. The maximum absolute atomic E-state index is 12.5. The topological polar surface area (TPSA) is 53.2 Å². The molecule has 128 valence electrons. The first-order chi connectivity index (χ1) is 12.0. The first kappa shape index (κ1) is 17.0. The number of carbonyl (C=O) groups excluding carboxylic acids is 1. The molecule has 0 aliphatic carbocycles. The molecule has 25 heavy (non-hydrogen) atoms. The molecule has 1 heterocycles. The molecule has 1 aromatic heterocycles. The van der Waals surface area contributed by atoms with Crippen molar-refractivity contribution in [2.75, 3.05) is 4.90 Å². The number of rotatable bonds is 4. The highest BCUT2D eigenvalue weighted by Gasteiger charge is 2.18. The number of carbonyl (C=O) groups is 1. The molecule has 0 bridgehead atoms. The minimum atomic E-state index is -0.154. The van der Waals surface area contributed by atoms with Crippen LogP contribution in [-0.4, -0.2) is 10.9 Å². The predicted octanol–water partition coefficient (Wildman–Crippen LogP) is 4.09. The molecule has 0 aliphatic rings. The van der Waals surface area contributed by atoms with Gasteiger partial charge in [-0.1, -0.05) is 36.8 Å². The second-order valence-electron chi connectivity index (χ2n) is 6.33. The normalized spacial score (nSPS) is 10.8. The Morgan fingerprint density at radius 1 is 1.08 bits per heavy atom. The highest BCUT2D eigenvalue weighted by atomic mass is 16.2. The van der Waals surface area contributed by atoms with E-state index in [1.54, 1.807) is 4.90 Å². The maximum atomic E-state index is 12.5. The van der Waals surface area contributed by atoms with Crippen LogP contribution in [0, 0.1) is 13.8 Å². The number of amides is 1. The zero-order chi connectivity index (χ0) is 18.0. The Morgan fingerprint density at radius 2 is 1.84 bits per heavy atom. The zero-order valence-corrected chi connectivity index (χ0v) is 14.8. The van der Waals surface area contributed by atoms with Crippen molar-refractivity contribution in [2.45, 2.75) is 33.7 Å². The summed E-state index contributed by atoms with van der Waals surface area (Å²) < 4.78 is 0. The molecule has 4 heteroatoms. The molecule has 0 radical (unpaired) electrons. The number of aromatic nitrogens is 1. The molecule has 0 spiro atoms. The van der Waals surface area contributed by atoms with Gasteiger partial charge in [-0.25, -0.2) is 0 Å². The quantitative estimate of drug-likeness (QED) is 0.781. The molecule has 0 aliphatic heterocycles. The van der Waals surface area contributed by atoms with E-state index in [1.807, 2.05) is 69.3 Å². The summed E-state index contributed by atoms with van der Waals surface area (Å²) in [4.78, 5) is 29.6. The average Bonchev–Trinajstić information content (AvgIpc) is 2.60. The van der Waals surface area contributed by atoms with E-state index < -0.39 is 0 Å².